The molecular weight excluding hydrogens is 262 g/mol. The molecule has 7 nitrogen and oxygen atoms in total. The van der Waals surface area contributed by atoms with Crippen LogP contribution in [0.2, 0.25) is 0 Å². The molecule has 0 spiro atoms. The summed E-state index contributed by atoms with van der Waals surface area (Å²) in [6, 6.07) is 5.86. The van der Waals surface area contributed by atoms with Gasteiger partial charge in [-0.3, -0.25) is 14.9 Å². The highest BCUT2D eigenvalue weighted by Gasteiger charge is 2.19. The van der Waals surface area contributed by atoms with Crippen LogP contribution < -0.4 is 4.74 Å². The van der Waals surface area contributed by atoms with Gasteiger partial charge in [-0.1, -0.05) is 0 Å². The summed E-state index contributed by atoms with van der Waals surface area (Å²) in [6.07, 6.45) is 0. The van der Waals surface area contributed by atoms with Crippen molar-refractivity contribution in [2.45, 2.75) is 13.8 Å². The Hall–Kier alpha value is -2.70. The van der Waals surface area contributed by atoms with Gasteiger partial charge in [0.2, 0.25) is 5.88 Å². The standard InChI is InChI=1S/C13H13N3O4/c1-8-6-13(15(3)14-8)20-10-4-5-11(9(2)17)12(7-10)16(18)19/h4-7H,1-3H3. The average Bonchev–Trinajstić information content (AvgIpc) is 2.67. The Bertz CT molecular complexity index is 691. The van der Waals surface area contributed by atoms with Crippen molar-refractivity contribution in [3.8, 4) is 11.6 Å². The van der Waals surface area contributed by atoms with E-state index in [0.29, 0.717) is 5.88 Å². The number of ketones is 1. The second kappa shape index (κ2) is 5.12. The summed E-state index contributed by atoms with van der Waals surface area (Å²) in [6.45, 7) is 3.10. The number of nitro groups is 1. The molecule has 0 amide bonds. The van der Waals surface area contributed by atoms with Gasteiger partial charge in [0, 0.05) is 13.1 Å². The molecule has 0 bridgehead atoms. The number of aromatic nitrogens is 2. The number of carbonyl (C=O) groups is 1. The number of nitrogens with zero attached hydrogens (tertiary/aromatic N) is 3. The molecule has 0 N–H and O–H groups in total. The van der Waals surface area contributed by atoms with Gasteiger partial charge in [-0.15, -0.1) is 0 Å². The third-order valence-electron chi connectivity index (χ3n) is 2.73. The molecule has 1 aromatic heterocycles. The lowest BCUT2D eigenvalue weighted by Crippen LogP contribution is -2.01. The normalized spacial score (nSPS) is 10.3. The van der Waals surface area contributed by atoms with E-state index in [0.717, 1.165) is 5.69 Å². The molecule has 0 saturated heterocycles. The van der Waals surface area contributed by atoms with Gasteiger partial charge in [0.05, 0.1) is 22.2 Å². The first kappa shape index (κ1) is 13.7. The maximum atomic E-state index is 11.3. The van der Waals surface area contributed by atoms with E-state index in [1.807, 2.05) is 6.92 Å². The van der Waals surface area contributed by atoms with E-state index < -0.39 is 4.92 Å². The monoisotopic (exact) mass is 275 g/mol. The van der Waals surface area contributed by atoms with Gasteiger partial charge >= 0.3 is 0 Å². The molecular formula is C13H13N3O4. The molecule has 7 heteroatoms. The van der Waals surface area contributed by atoms with Crippen LogP contribution in [0.5, 0.6) is 11.6 Å². The third-order valence-corrected chi connectivity index (χ3v) is 2.73. The maximum absolute atomic E-state index is 11.3. The van der Waals surface area contributed by atoms with Crippen LogP contribution in [-0.2, 0) is 7.05 Å². The Labute approximate surface area is 114 Å². The fourth-order valence-electron chi connectivity index (χ4n) is 1.83. The first-order valence-corrected chi connectivity index (χ1v) is 5.86. The predicted molar refractivity (Wildman–Crippen MR) is 71.1 cm³/mol. The van der Waals surface area contributed by atoms with E-state index in [-0.39, 0.29) is 22.8 Å². The van der Waals surface area contributed by atoms with Crippen molar-refractivity contribution in [3.05, 3.63) is 45.6 Å². The Morgan fingerprint density at radius 2 is 2.10 bits per heavy atom. The summed E-state index contributed by atoms with van der Waals surface area (Å²) in [4.78, 5) is 21.7. The number of Topliss-reactive ketones (excluding diaryl/α,β-unsaturated/α-hetero) is 1. The molecule has 0 radical (unpaired) electrons. The number of nitro benzene ring substituents is 1. The molecule has 0 aliphatic heterocycles. The van der Waals surface area contributed by atoms with Gasteiger partial charge < -0.3 is 4.74 Å². The molecule has 0 atom stereocenters. The Balaban J connectivity index is 2.39. The minimum absolute atomic E-state index is 0.0588. The summed E-state index contributed by atoms with van der Waals surface area (Å²) in [5, 5.41) is 15.1. The Morgan fingerprint density at radius 1 is 1.40 bits per heavy atom. The van der Waals surface area contributed by atoms with Crippen LogP contribution in [0.15, 0.2) is 24.3 Å². The van der Waals surface area contributed by atoms with Gasteiger partial charge in [0.15, 0.2) is 5.78 Å². The fourth-order valence-corrected chi connectivity index (χ4v) is 1.83. The minimum atomic E-state index is -0.599. The molecule has 1 aromatic carbocycles. The lowest BCUT2D eigenvalue weighted by atomic mass is 10.1. The molecule has 2 rings (SSSR count). The molecule has 104 valence electrons. The second-order valence-corrected chi connectivity index (χ2v) is 4.34. The van der Waals surface area contributed by atoms with Crippen molar-refractivity contribution in [2.24, 2.45) is 7.05 Å². The number of carbonyl (C=O) groups excluding carboxylic acids is 1. The van der Waals surface area contributed by atoms with Crippen LogP contribution in [0, 0.1) is 17.0 Å². The van der Waals surface area contributed by atoms with Crippen LogP contribution in [0.25, 0.3) is 0 Å². The van der Waals surface area contributed by atoms with Crippen molar-refractivity contribution < 1.29 is 14.5 Å². The molecule has 0 fully saturated rings. The SMILES string of the molecule is CC(=O)c1ccc(Oc2cc(C)nn2C)cc1[N+](=O)[O-]. The molecule has 0 aliphatic rings. The van der Waals surface area contributed by atoms with Crippen LogP contribution >= 0.6 is 0 Å². The summed E-state index contributed by atoms with van der Waals surface area (Å²) < 4.78 is 7.07. The van der Waals surface area contributed by atoms with Gasteiger partial charge in [-0.05, 0) is 26.0 Å². The first-order chi connectivity index (χ1) is 9.38. The maximum Gasteiger partial charge on any atom is 0.283 e. The first-order valence-electron chi connectivity index (χ1n) is 5.86. The fraction of sp³-hybridized carbons (Fsp3) is 0.231. The van der Waals surface area contributed by atoms with Gasteiger partial charge in [-0.25, -0.2) is 4.68 Å². The van der Waals surface area contributed by atoms with E-state index in [1.165, 1.54) is 29.8 Å². The van der Waals surface area contributed by atoms with E-state index in [9.17, 15) is 14.9 Å². The van der Waals surface area contributed by atoms with Crippen LogP contribution in [0.4, 0.5) is 5.69 Å². The topological polar surface area (TPSA) is 87.3 Å². The van der Waals surface area contributed by atoms with Gasteiger partial charge in [0.25, 0.3) is 5.69 Å². The molecule has 2 aromatic rings. The third kappa shape index (κ3) is 2.66. The zero-order valence-electron chi connectivity index (χ0n) is 11.3. The number of ether oxygens (including phenoxy) is 1. The van der Waals surface area contributed by atoms with Crippen molar-refractivity contribution in [3.63, 3.8) is 0 Å². The number of hydrogen-bond donors (Lipinski definition) is 0. The summed E-state index contributed by atoms with van der Waals surface area (Å²) in [7, 11) is 1.71. The molecule has 0 unspecified atom stereocenters. The summed E-state index contributed by atoms with van der Waals surface area (Å²) in [5.74, 6) is 0.386. The van der Waals surface area contributed by atoms with Crippen LogP contribution in [-0.4, -0.2) is 20.5 Å². The quantitative estimate of drug-likeness (QED) is 0.486. The summed E-state index contributed by atoms with van der Waals surface area (Å²) >= 11 is 0. The van der Waals surface area contributed by atoms with Crippen LogP contribution in [0.1, 0.15) is 23.0 Å². The number of aryl methyl sites for hydroxylation is 2. The largest absolute Gasteiger partial charge is 0.439 e. The van der Waals surface area contributed by atoms with E-state index >= 15 is 0 Å². The molecule has 0 saturated carbocycles. The number of hydrogen-bond acceptors (Lipinski definition) is 5. The van der Waals surface area contributed by atoms with E-state index in [1.54, 1.807) is 13.1 Å². The van der Waals surface area contributed by atoms with Gasteiger partial charge in [0.1, 0.15) is 5.75 Å². The van der Waals surface area contributed by atoms with Crippen LogP contribution in [0.3, 0.4) is 0 Å². The Morgan fingerprint density at radius 3 is 2.60 bits per heavy atom. The zero-order chi connectivity index (χ0) is 14.9. The molecule has 0 aliphatic carbocycles. The predicted octanol–water partition coefficient (Wildman–Crippen LogP) is 2.63. The smallest absolute Gasteiger partial charge is 0.283 e. The van der Waals surface area contributed by atoms with Crippen molar-refractivity contribution in [2.75, 3.05) is 0 Å². The lowest BCUT2D eigenvalue weighted by Gasteiger charge is -2.06. The number of rotatable bonds is 4. The Kier molecular flexibility index (Phi) is 3.51. The van der Waals surface area contributed by atoms with Crippen molar-refractivity contribution in [1.29, 1.82) is 0 Å². The molecule has 20 heavy (non-hydrogen) atoms. The number of benzene rings is 1. The lowest BCUT2D eigenvalue weighted by molar-refractivity contribution is -0.385. The highest BCUT2D eigenvalue weighted by atomic mass is 16.6. The summed E-state index contributed by atoms with van der Waals surface area (Å²) in [5.41, 5.74) is 0.565. The van der Waals surface area contributed by atoms with Gasteiger partial charge in [-0.2, -0.15) is 5.10 Å². The van der Waals surface area contributed by atoms with E-state index in [4.69, 9.17) is 4.74 Å². The van der Waals surface area contributed by atoms with Crippen molar-refractivity contribution in [1.82, 2.24) is 9.78 Å². The van der Waals surface area contributed by atoms with E-state index in [2.05, 4.69) is 5.10 Å². The minimum Gasteiger partial charge on any atom is -0.439 e. The highest BCUT2D eigenvalue weighted by Crippen LogP contribution is 2.28. The second-order valence-electron chi connectivity index (χ2n) is 4.34. The zero-order valence-corrected chi connectivity index (χ0v) is 11.3. The average molecular weight is 275 g/mol. The molecule has 1 heterocycles. The highest BCUT2D eigenvalue weighted by molar-refractivity contribution is 5.98. The van der Waals surface area contributed by atoms with Crippen molar-refractivity contribution >= 4 is 11.5 Å².